The zero-order valence-electron chi connectivity index (χ0n) is 15.8. The van der Waals surface area contributed by atoms with Crippen LogP contribution in [0.4, 0.5) is 0 Å². The molecule has 9 heteroatoms. The van der Waals surface area contributed by atoms with Crippen LogP contribution < -0.4 is 0 Å². The molecule has 0 amide bonds. The number of aliphatic hydroxyl groups excluding tert-OH is 1. The molecule has 0 spiro atoms. The normalized spacial score (nSPS) is 46.5. The topological polar surface area (TPSA) is 136 Å². The van der Waals surface area contributed by atoms with Crippen molar-refractivity contribution in [3.05, 3.63) is 16.9 Å². The second-order valence-corrected chi connectivity index (χ2v) is 8.24. The van der Waals surface area contributed by atoms with Gasteiger partial charge in [-0.25, -0.2) is 9.59 Å². The Labute approximate surface area is 157 Å². The van der Waals surface area contributed by atoms with E-state index in [0.717, 1.165) is 0 Å². The van der Waals surface area contributed by atoms with Crippen LogP contribution in [0.25, 0.3) is 0 Å². The lowest BCUT2D eigenvalue weighted by Crippen LogP contribution is -2.56. The van der Waals surface area contributed by atoms with E-state index in [1.165, 1.54) is 20.8 Å². The summed E-state index contributed by atoms with van der Waals surface area (Å²) in [7, 11) is 0. The van der Waals surface area contributed by atoms with E-state index >= 15 is 0 Å². The second-order valence-electron chi connectivity index (χ2n) is 8.24. The number of esters is 2. The third-order valence-electron chi connectivity index (χ3n) is 6.36. The Hall–Kier alpha value is -1.52. The van der Waals surface area contributed by atoms with Gasteiger partial charge in [0.05, 0.1) is 19.2 Å². The van der Waals surface area contributed by atoms with Crippen molar-refractivity contribution in [2.45, 2.75) is 63.1 Å². The summed E-state index contributed by atoms with van der Waals surface area (Å²) in [6.07, 6.45) is -0.704. The van der Waals surface area contributed by atoms with E-state index in [4.69, 9.17) is 9.47 Å². The van der Waals surface area contributed by atoms with Crippen LogP contribution >= 0.6 is 0 Å². The summed E-state index contributed by atoms with van der Waals surface area (Å²) in [5.74, 6) is -2.88. The number of hydrogen-bond donors (Lipinski definition) is 3. The summed E-state index contributed by atoms with van der Waals surface area (Å²) < 4.78 is 10.1. The molecule has 3 rings (SSSR count). The van der Waals surface area contributed by atoms with E-state index in [-0.39, 0.29) is 19.7 Å². The molecule has 0 aliphatic carbocycles. The summed E-state index contributed by atoms with van der Waals surface area (Å²) in [5, 5.41) is 44.4. The number of hydroxylamine groups is 3. The van der Waals surface area contributed by atoms with Crippen LogP contribution in [0.5, 0.6) is 0 Å². The number of hydrogen-bond acceptors (Lipinski definition) is 8. The van der Waals surface area contributed by atoms with Gasteiger partial charge >= 0.3 is 11.9 Å². The average Bonchev–Trinajstić information content (AvgIpc) is 3.07. The van der Waals surface area contributed by atoms with E-state index in [1.54, 1.807) is 6.08 Å². The fourth-order valence-electron chi connectivity index (χ4n) is 4.18. The summed E-state index contributed by atoms with van der Waals surface area (Å²) in [6.45, 7) is 4.19. The molecule has 0 radical (unpaired) electrons. The van der Waals surface area contributed by atoms with Gasteiger partial charge in [0.15, 0.2) is 23.3 Å². The second kappa shape index (κ2) is 6.52. The zero-order valence-corrected chi connectivity index (χ0v) is 15.8. The van der Waals surface area contributed by atoms with Crippen LogP contribution in [0.2, 0.25) is 0 Å². The van der Waals surface area contributed by atoms with Crippen LogP contribution in [0.1, 0.15) is 33.6 Å². The first-order valence-electron chi connectivity index (χ1n) is 9.19. The molecule has 3 aliphatic rings. The first-order chi connectivity index (χ1) is 12.4. The molecule has 0 aromatic heterocycles. The molecule has 2 fully saturated rings. The monoisotopic (exact) mass is 385 g/mol. The Balaban J connectivity index is 2.00. The van der Waals surface area contributed by atoms with Crippen molar-refractivity contribution in [1.29, 1.82) is 0 Å². The van der Waals surface area contributed by atoms with Gasteiger partial charge in [-0.15, -0.1) is 0 Å². The van der Waals surface area contributed by atoms with Gasteiger partial charge in [0.1, 0.15) is 6.61 Å². The summed E-state index contributed by atoms with van der Waals surface area (Å²) in [4.78, 5) is 25.2. The first kappa shape index (κ1) is 20.2. The van der Waals surface area contributed by atoms with E-state index in [9.17, 15) is 30.1 Å². The molecular weight excluding hydrogens is 358 g/mol. The molecule has 2 unspecified atom stereocenters. The highest BCUT2D eigenvalue weighted by molar-refractivity contribution is 5.82. The van der Waals surface area contributed by atoms with Crippen LogP contribution in [0.3, 0.4) is 0 Å². The standard InChI is InChI=1S/C18H27NO8/c1-10-8-18(24,11(2)20)16(22)27-13-5-7-19(25)6-4-12(14(13)19)9-26-15(21)17(10,3)23/h4,10-11,13-14,20,23-24H,5-9H2,1-3H3/t10-,11-,13-,14-,17-,18?,19?/m1/s1. The molecule has 0 aromatic rings. The predicted octanol–water partition coefficient (Wildman–Crippen LogP) is -0.629. The number of carbonyl (C=O) groups excluding carboxylic acids is 2. The lowest BCUT2D eigenvalue weighted by atomic mass is 9.79. The van der Waals surface area contributed by atoms with E-state index in [2.05, 4.69) is 0 Å². The Morgan fingerprint density at radius 3 is 2.63 bits per heavy atom. The van der Waals surface area contributed by atoms with Crippen molar-refractivity contribution >= 4 is 11.9 Å². The summed E-state index contributed by atoms with van der Waals surface area (Å²) >= 11 is 0. The van der Waals surface area contributed by atoms with Crippen LogP contribution in [-0.2, 0) is 19.1 Å². The molecule has 3 N–H and O–H groups in total. The summed E-state index contributed by atoms with van der Waals surface area (Å²) in [5.41, 5.74) is -3.79. The van der Waals surface area contributed by atoms with Gasteiger partial charge in [0.2, 0.25) is 0 Å². The fraction of sp³-hybridized carbons (Fsp3) is 0.778. The quantitative estimate of drug-likeness (QED) is 0.235. The van der Waals surface area contributed by atoms with E-state index in [1.807, 2.05) is 0 Å². The van der Waals surface area contributed by atoms with Gasteiger partial charge in [0.25, 0.3) is 0 Å². The number of ether oxygens (including phenoxy) is 2. The molecule has 0 aromatic carbocycles. The molecule has 0 saturated carbocycles. The minimum atomic E-state index is -2.33. The van der Waals surface area contributed by atoms with Crippen molar-refractivity contribution < 1.29 is 39.0 Å². The molecule has 7 atom stereocenters. The Morgan fingerprint density at radius 2 is 2.00 bits per heavy atom. The Morgan fingerprint density at radius 1 is 1.33 bits per heavy atom. The molecule has 27 heavy (non-hydrogen) atoms. The maximum Gasteiger partial charge on any atom is 0.341 e. The lowest BCUT2D eigenvalue weighted by Gasteiger charge is -2.42. The van der Waals surface area contributed by atoms with Crippen LogP contribution in [0.15, 0.2) is 11.6 Å². The smallest absolute Gasteiger partial charge is 0.341 e. The summed E-state index contributed by atoms with van der Waals surface area (Å²) in [6, 6.07) is -0.721. The predicted molar refractivity (Wildman–Crippen MR) is 91.7 cm³/mol. The largest absolute Gasteiger partial charge is 0.632 e. The van der Waals surface area contributed by atoms with Gasteiger partial charge in [-0.2, -0.15) is 0 Å². The minimum absolute atomic E-state index is 0.163. The number of carbonyl (C=O) groups is 2. The zero-order chi connectivity index (χ0) is 20.2. The van der Waals surface area contributed by atoms with E-state index in [0.29, 0.717) is 12.0 Å². The van der Waals surface area contributed by atoms with Gasteiger partial charge in [-0.3, -0.25) is 0 Å². The van der Waals surface area contributed by atoms with Gasteiger partial charge in [0, 0.05) is 12.0 Å². The third-order valence-corrected chi connectivity index (χ3v) is 6.36. The molecule has 152 valence electrons. The number of quaternary nitrogens is 1. The van der Waals surface area contributed by atoms with Gasteiger partial charge in [-0.1, -0.05) is 6.92 Å². The molecule has 2 saturated heterocycles. The SMILES string of the molecule is C[C@@H]1CC(O)([C@@H](C)O)C(=O)O[C@@H]2CC[N+]3([O-])CC=C(COC(=O)[C@]1(C)O)[C@H]23. The van der Waals surface area contributed by atoms with Crippen molar-refractivity contribution in [3.8, 4) is 0 Å². The molecule has 9 nitrogen and oxygen atoms in total. The number of cyclic esters (lactones) is 1. The highest BCUT2D eigenvalue weighted by atomic mass is 16.6. The van der Waals surface area contributed by atoms with Crippen molar-refractivity contribution in [2.75, 3.05) is 19.7 Å². The third kappa shape index (κ3) is 3.17. The van der Waals surface area contributed by atoms with Crippen LogP contribution in [-0.4, -0.2) is 81.1 Å². The Kier molecular flexibility index (Phi) is 4.89. The molecule has 3 aliphatic heterocycles. The first-order valence-corrected chi connectivity index (χ1v) is 9.19. The van der Waals surface area contributed by atoms with Crippen molar-refractivity contribution in [3.63, 3.8) is 0 Å². The number of rotatable bonds is 1. The lowest BCUT2D eigenvalue weighted by molar-refractivity contribution is -0.877. The maximum atomic E-state index is 13.0. The average molecular weight is 385 g/mol. The molecule has 0 bridgehead atoms. The van der Waals surface area contributed by atoms with Gasteiger partial charge < -0.3 is 34.6 Å². The molecular formula is C18H27NO8. The van der Waals surface area contributed by atoms with Crippen LogP contribution in [0, 0.1) is 11.1 Å². The Bertz CT molecular complexity index is 674. The van der Waals surface area contributed by atoms with Gasteiger partial charge in [-0.05, 0) is 32.3 Å². The van der Waals surface area contributed by atoms with Crippen molar-refractivity contribution in [2.24, 2.45) is 5.92 Å². The minimum Gasteiger partial charge on any atom is -0.632 e. The highest BCUT2D eigenvalue weighted by Gasteiger charge is 2.55. The highest BCUT2D eigenvalue weighted by Crippen LogP contribution is 2.40. The number of nitrogens with zero attached hydrogens (tertiary/aromatic N) is 1. The van der Waals surface area contributed by atoms with Crippen molar-refractivity contribution in [1.82, 2.24) is 0 Å². The maximum absolute atomic E-state index is 13.0. The number of aliphatic hydroxyl groups is 3. The fourth-order valence-corrected chi connectivity index (χ4v) is 4.18. The molecule has 3 heterocycles. The van der Waals surface area contributed by atoms with E-state index < -0.39 is 58.4 Å².